The minimum absolute atomic E-state index is 0.188. The number of nitro groups is 1. The third kappa shape index (κ3) is 4.99. The maximum Gasteiger partial charge on any atom is 0.490 e. The number of rotatable bonds is 7. The molecule has 1 aromatic carbocycles. The van der Waals surface area contributed by atoms with Crippen molar-refractivity contribution in [1.29, 1.82) is 0 Å². The van der Waals surface area contributed by atoms with Crippen molar-refractivity contribution in [2.45, 2.75) is 26.3 Å². The number of carbonyl (C=O) groups excluding carboxylic acids is 1. The van der Waals surface area contributed by atoms with E-state index in [4.69, 9.17) is 0 Å². The van der Waals surface area contributed by atoms with Crippen molar-refractivity contribution in [3.05, 3.63) is 52.3 Å². The fourth-order valence-electron chi connectivity index (χ4n) is 1.84. The molecule has 0 aliphatic rings. The SMILES string of the molecule is CC/C(Cc1ccccc1)=N\NC(=O)Cn1cnc([N+](=O)[O-])n1. The maximum absolute atomic E-state index is 11.8. The number of nitrogens with zero attached hydrogens (tertiary/aromatic N) is 5. The fraction of sp³-hybridized carbons (Fsp3) is 0.286. The minimum atomic E-state index is -0.721. The number of hydrogen-bond donors (Lipinski definition) is 1. The second-order valence-electron chi connectivity index (χ2n) is 4.73. The standard InChI is InChI=1S/C14H16N6O3/c1-2-12(8-11-6-4-3-5-7-11)16-17-13(21)9-19-10-15-14(18-19)20(22)23/h3-7,10H,2,8-9H2,1H3,(H,17,21)/b16-12+. The van der Waals surface area contributed by atoms with Crippen molar-refractivity contribution in [3.63, 3.8) is 0 Å². The molecular weight excluding hydrogens is 300 g/mol. The molecule has 9 nitrogen and oxygen atoms in total. The van der Waals surface area contributed by atoms with Crippen molar-refractivity contribution < 1.29 is 9.72 Å². The van der Waals surface area contributed by atoms with Crippen molar-refractivity contribution in [2.75, 3.05) is 0 Å². The molecule has 0 radical (unpaired) electrons. The van der Waals surface area contributed by atoms with Crippen LogP contribution < -0.4 is 5.43 Å². The van der Waals surface area contributed by atoms with Gasteiger partial charge in [0.05, 0.1) is 0 Å². The van der Waals surface area contributed by atoms with Crippen LogP contribution in [-0.4, -0.2) is 31.3 Å². The van der Waals surface area contributed by atoms with Gasteiger partial charge in [0.25, 0.3) is 5.91 Å². The molecule has 2 rings (SSSR count). The predicted molar refractivity (Wildman–Crippen MR) is 82.7 cm³/mol. The Morgan fingerprint density at radius 2 is 2.13 bits per heavy atom. The molecule has 0 saturated carbocycles. The molecule has 0 atom stereocenters. The Hall–Kier alpha value is -3.10. The lowest BCUT2D eigenvalue weighted by Crippen LogP contribution is -2.25. The van der Waals surface area contributed by atoms with Crippen molar-refractivity contribution in [3.8, 4) is 0 Å². The van der Waals surface area contributed by atoms with Crippen molar-refractivity contribution in [1.82, 2.24) is 20.2 Å². The van der Waals surface area contributed by atoms with Gasteiger partial charge in [-0.15, -0.1) is 0 Å². The summed E-state index contributed by atoms with van der Waals surface area (Å²) in [4.78, 5) is 25.0. The summed E-state index contributed by atoms with van der Waals surface area (Å²) in [5.41, 5.74) is 4.37. The molecule has 9 heteroatoms. The van der Waals surface area contributed by atoms with Crippen molar-refractivity contribution >= 4 is 17.6 Å². The zero-order chi connectivity index (χ0) is 16.7. The van der Waals surface area contributed by atoms with Crippen LogP contribution in [0.2, 0.25) is 0 Å². The summed E-state index contributed by atoms with van der Waals surface area (Å²) in [5, 5.41) is 18.1. The highest BCUT2D eigenvalue weighted by atomic mass is 16.6. The van der Waals surface area contributed by atoms with E-state index in [1.54, 1.807) is 0 Å². The summed E-state index contributed by atoms with van der Waals surface area (Å²) in [6, 6.07) is 9.80. The highest BCUT2D eigenvalue weighted by Crippen LogP contribution is 2.03. The van der Waals surface area contributed by atoms with Gasteiger partial charge >= 0.3 is 5.95 Å². The molecule has 1 amide bonds. The molecule has 23 heavy (non-hydrogen) atoms. The molecule has 1 heterocycles. The average Bonchev–Trinajstić information content (AvgIpc) is 3.01. The Bertz CT molecular complexity index is 710. The van der Waals surface area contributed by atoms with Gasteiger partial charge in [-0.2, -0.15) is 9.78 Å². The van der Waals surface area contributed by atoms with Crippen LogP contribution in [0.25, 0.3) is 0 Å². The number of carbonyl (C=O) groups is 1. The summed E-state index contributed by atoms with van der Waals surface area (Å²) in [6.07, 6.45) is 2.47. The highest BCUT2D eigenvalue weighted by Gasteiger charge is 2.15. The Kier molecular flexibility index (Phi) is 5.50. The van der Waals surface area contributed by atoms with E-state index in [0.29, 0.717) is 12.8 Å². The summed E-state index contributed by atoms with van der Waals surface area (Å²) >= 11 is 0. The van der Waals surface area contributed by atoms with Crippen LogP contribution >= 0.6 is 0 Å². The monoisotopic (exact) mass is 316 g/mol. The van der Waals surface area contributed by atoms with E-state index in [0.717, 1.165) is 22.3 Å². The van der Waals surface area contributed by atoms with Crippen LogP contribution in [0, 0.1) is 10.1 Å². The maximum atomic E-state index is 11.8. The molecule has 0 saturated heterocycles. The average molecular weight is 316 g/mol. The van der Waals surface area contributed by atoms with Crippen LogP contribution in [0.3, 0.4) is 0 Å². The van der Waals surface area contributed by atoms with Gasteiger partial charge in [-0.1, -0.05) is 42.2 Å². The van der Waals surface area contributed by atoms with Gasteiger partial charge in [0.1, 0.15) is 6.54 Å². The Morgan fingerprint density at radius 3 is 2.74 bits per heavy atom. The first kappa shape index (κ1) is 16.3. The summed E-state index contributed by atoms with van der Waals surface area (Å²) < 4.78 is 1.09. The lowest BCUT2D eigenvalue weighted by Gasteiger charge is -2.05. The lowest BCUT2D eigenvalue weighted by molar-refractivity contribution is -0.394. The molecule has 0 aliphatic heterocycles. The van der Waals surface area contributed by atoms with E-state index in [1.807, 2.05) is 37.3 Å². The molecule has 0 spiro atoms. The molecule has 0 fully saturated rings. The molecule has 120 valence electrons. The van der Waals surface area contributed by atoms with E-state index < -0.39 is 16.8 Å². The normalized spacial score (nSPS) is 11.3. The molecule has 0 aliphatic carbocycles. The highest BCUT2D eigenvalue weighted by molar-refractivity contribution is 5.87. The number of hydrazone groups is 1. The second-order valence-corrected chi connectivity index (χ2v) is 4.73. The van der Waals surface area contributed by atoms with Gasteiger partial charge < -0.3 is 10.1 Å². The quantitative estimate of drug-likeness (QED) is 0.470. The van der Waals surface area contributed by atoms with Gasteiger partial charge in [0.15, 0.2) is 0 Å². The van der Waals surface area contributed by atoms with Gasteiger partial charge in [-0.25, -0.2) is 5.43 Å². The Morgan fingerprint density at radius 1 is 1.39 bits per heavy atom. The predicted octanol–water partition coefficient (Wildman–Crippen LogP) is 1.31. The number of amides is 1. The zero-order valence-corrected chi connectivity index (χ0v) is 12.5. The smallest absolute Gasteiger partial charge is 0.390 e. The van der Waals surface area contributed by atoms with Crippen LogP contribution in [-0.2, 0) is 17.8 Å². The molecule has 0 bridgehead atoms. The number of benzene rings is 1. The van der Waals surface area contributed by atoms with Gasteiger partial charge in [-0.3, -0.25) is 4.79 Å². The van der Waals surface area contributed by atoms with Crippen molar-refractivity contribution in [2.24, 2.45) is 5.10 Å². The van der Waals surface area contributed by atoms with E-state index >= 15 is 0 Å². The first-order chi connectivity index (χ1) is 11.1. The van der Waals surface area contributed by atoms with E-state index in [-0.39, 0.29) is 6.54 Å². The van der Waals surface area contributed by atoms with Gasteiger partial charge in [0.2, 0.25) is 6.33 Å². The molecule has 2 aromatic rings. The number of aromatic nitrogens is 3. The molecule has 1 N–H and O–H groups in total. The van der Waals surface area contributed by atoms with Gasteiger partial charge in [-0.05, 0) is 16.9 Å². The Labute approximate surface area is 132 Å². The second kappa shape index (κ2) is 7.78. The Balaban J connectivity index is 1.91. The minimum Gasteiger partial charge on any atom is -0.390 e. The number of nitrogens with one attached hydrogen (secondary N) is 1. The van der Waals surface area contributed by atoms with E-state index in [2.05, 4.69) is 20.6 Å². The van der Waals surface area contributed by atoms with E-state index in [9.17, 15) is 14.9 Å². The molecular formula is C14H16N6O3. The topological polar surface area (TPSA) is 115 Å². The summed E-state index contributed by atoms with van der Waals surface area (Å²) in [7, 11) is 0. The fourth-order valence-corrected chi connectivity index (χ4v) is 1.84. The molecule has 1 aromatic heterocycles. The third-order valence-corrected chi connectivity index (χ3v) is 2.99. The summed E-state index contributed by atoms with van der Waals surface area (Å²) in [6.45, 7) is 1.77. The molecule has 0 unspecified atom stereocenters. The third-order valence-electron chi connectivity index (χ3n) is 2.99. The number of hydrogen-bond acceptors (Lipinski definition) is 6. The first-order valence-corrected chi connectivity index (χ1v) is 7.00. The van der Waals surface area contributed by atoms with E-state index in [1.165, 1.54) is 0 Å². The lowest BCUT2D eigenvalue weighted by atomic mass is 10.1. The van der Waals surface area contributed by atoms with Crippen LogP contribution in [0.15, 0.2) is 41.8 Å². The first-order valence-electron chi connectivity index (χ1n) is 7.00. The van der Waals surface area contributed by atoms with Crippen LogP contribution in [0.1, 0.15) is 18.9 Å². The summed E-state index contributed by atoms with van der Waals surface area (Å²) in [5.74, 6) is -0.969. The van der Waals surface area contributed by atoms with Crippen LogP contribution in [0.4, 0.5) is 5.95 Å². The van der Waals surface area contributed by atoms with Gasteiger partial charge in [0, 0.05) is 17.2 Å². The van der Waals surface area contributed by atoms with Crippen LogP contribution in [0.5, 0.6) is 0 Å². The zero-order valence-electron chi connectivity index (χ0n) is 12.5. The largest absolute Gasteiger partial charge is 0.490 e.